The molecular weight excluding hydrogens is 393 g/mol. The van der Waals surface area contributed by atoms with E-state index in [0.29, 0.717) is 3.97 Å². The number of Topliss-reactive ketones (excluding diaryl/α,β-unsaturated/α-hetero) is 1. The minimum absolute atomic E-state index is 0.0601. The molecule has 3 rings (SSSR count). The predicted molar refractivity (Wildman–Crippen MR) is 98.4 cm³/mol. The number of benzene rings is 2. The summed E-state index contributed by atoms with van der Waals surface area (Å²) in [6, 6.07) is 9.48. The molecule has 0 aliphatic heterocycles. The van der Waals surface area contributed by atoms with Crippen LogP contribution in [0.1, 0.15) is 21.6 Å². The third-order valence-corrected chi connectivity index (χ3v) is 5.91. The topological polar surface area (TPSA) is 82.2 Å². The highest BCUT2D eigenvalue weighted by molar-refractivity contribution is 7.90. The van der Waals surface area contributed by atoms with Gasteiger partial charge in [-0.05, 0) is 43.3 Å². The van der Waals surface area contributed by atoms with Crippen LogP contribution in [0.3, 0.4) is 0 Å². The summed E-state index contributed by atoms with van der Waals surface area (Å²) in [5.41, 5.74) is 4.39. The van der Waals surface area contributed by atoms with Crippen molar-refractivity contribution in [3.8, 4) is 0 Å². The number of carbonyl (C=O) groups is 1. The minimum atomic E-state index is -4.62. The van der Waals surface area contributed by atoms with Crippen molar-refractivity contribution in [3.05, 3.63) is 77.6 Å². The van der Waals surface area contributed by atoms with Gasteiger partial charge in [0.05, 0.1) is 21.7 Å². The summed E-state index contributed by atoms with van der Waals surface area (Å²) < 4.78 is 66.1. The zero-order valence-corrected chi connectivity index (χ0v) is 15.4. The van der Waals surface area contributed by atoms with Crippen molar-refractivity contribution in [2.75, 3.05) is 0 Å². The molecule has 0 radical (unpaired) electrons. The number of ketones is 1. The maximum atomic E-state index is 13.2. The first-order chi connectivity index (χ1) is 12.9. The highest BCUT2D eigenvalue weighted by Gasteiger charge is 2.32. The molecule has 0 saturated heterocycles. The lowest BCUT2D eigenvalue weighted by Crippen LogP contribution is -2.21. The largest absolute Gasteiger partial charge is 0.416 e. The van der Waals surface area contributed by atoms with Gasteiger partial charge in [-0.15, -0.1) is 0 Å². The third-order valence-electron chi connectivity index (χ3n) is 4.17. The van der Waals surface area contributed by atoms with Gasteiger partial charge in [0.25, 0.3) is 10.0 Å². The van der Waals surface area contributed by atoms with Crippen LogP contribution in [-0.4, -0.2) is 18.2 Å². The first kappa shape index (κ1) is 19.7. The molecular formula is C19H15F3N2O3S. The number of halogens is 3. The lowest BCUT2D eigenvalue weighted by Gasteiger charge is -2.12. The third kappa shape index (κ3) is 3.29. The van der Waals surface area contributed by atoms with Gasteiger partial charge in [-0.25, -0.2) is 12.4 Å². The molecule has 0 unspecified atom stereocenters. The second-order valence-electron chi connectivity index (χ2n) is 6.24. The molecule has 0 spiro atoms. The number of rotatable bonds is 4. The van der Waals surface area contributed by atoms with E-state index in [1.807, 2.05) is 0 Å². The normalized spacial score (nSPS) is 12.3. The summed E-state index contributed by atoms with van der Waals surface area (Å²) in [4.78, 5) is 12.3. The van der Waals surface area contributed by atoms with Crippen LogP contribution in [0.15, 0.2) is 65.7 Å². The van der Waals surface area contributed by atoms with Crippen LogP contribution in [-0.2, 0) is 16.2 Å². The van der Waals surface area contributed by atoms with Crippen molar-refractivity contribution in [3.63, 3.8) is 0 Å². The molecule has 0 saturated carbocycles. The number of allylic oxidation sites excluding steroid dienone is 1. The average Bonchev–Trinajstić information content (AvgIpc) is 2.99. The predicted octanol–water partition coefficient (Wildman–Crippen LogP) is 3.86. The summed E-state index contributed by atoms with van der Waals surface area (Å²) >= 11 is 0. The van der Waals surface area contributed by atoms with Gasteiger partial charge in [0.15, 0.2) is 0 Å². The van der Waals surface area contributed by atoms with Crippen LogP contribution in [0.5, 0.6) is 0 Å². The Hall–Kier alpha value is -3.07. The smallest absolute Gasteiger partial charge is 0.396 e. The number of nitrogens with two attached hydrogens (primary N) is 1. The second kappa shape index (κ2) is 6.52. The molecule has 0 aliphatic rings. The minimum Gasteiger partial charge on any atom is -0.396 e. The fourth-order valence-corrected chi connectivity index (χ4v) is 4.27. The molecule has 28 heavy (non-hydrogen) atoms. The number of aromatic nitrogens is 1. The van der Waals surface area contributed by atoms with Gasteiger partial charge in [0.1, 0.15) is 5.69 Å². The van der Waals surface area contributed by atoms with Crippen LogP contribution < -0.4 is 5.73 Å². The molecule has 146 valence electrons. The highest BCUT2D eigenvalue weighted by atomic mass is 32.2. The van der Waals surface area contributed by atoms with Gasteiger partial charge in [-0.3, -0.25) is 4.79 Å². The molecule has 0 bridgehead atoms. The van der Waals surface area contributed by atoms with E-state index in [9.17, 15) is 26.4 Å². The van der Waals surface area contributed by atoms with Gasteiger partial charge < -0.3 is 5.73 Å². The molecule has 0 atom stereocenters. The molecule has 5 nitrogen and oxygen atoms in total. The summed E-state index contributed by atoms with van der Waals surface area (Å²) in [6.45, 7) is 5.08. The van der Waals surface area contributed by atoms with Crippen molar-refractivity contribution in [1.82, 2.24) is 3.97 Å². The van der Waals surface area contributed by atoms with Crippen LogP contribution >= 0.6 is 0 Å². The lowest BCUT2D eigenvalue weighted by molar-refractivity contribution is -0.137. The molecule has 2 aromatic carbocycles. The van der Waals surface area contributed by atoms with E-state index in [-0.39, 0.29) is 21.5 Å². The molecule has 0 amide bonds. The zero-order chi connectivity index (χ0) is 20.9. The Morgan fingerprint density at radius 3 is 2.21 bits per heavy atom. The van der Waals surface area contributed by atoms with Crippen molar-refractivity contribution in [1.29, 1.82) is 0 Å². The summed E-state index contributed by atoms with van der Waals surface area (Å²) in [5.74, 6) is -0.888. The summed E-state index contributed by atoms with van der Waals surface area (Å²) in [6.07, 6.45) is -4.62. The quantitative estimate of drug-likeness (QED) is 0.525. The van der Waals surface area contributed by atoms with E-state index >= 15 is 0 Å². The van der Waals surface area contributed by atoms with Crippen LogP contribution in [0.25, 0.3) is 10.9 Å². The molecule has 9 heteroatoms. The monoisotopic (exact) mass is 408 g/mol. The van der Waals surface area contributed by atoms with E-state index in [1.165, 1.54) is 12.1 Å². The van der Waals surface area contributed by atoms with E-state index in [1.54, 1.807) is 19.1 Å². The Morgan fingerprint density at radius 1 is 1.07 bits per heavy atom. The Labute approximate surface area is 158 Å². The standard InChI is InChI=1S/C19H15F3N2O3S/c1-11-3-6-15(7-4-11)28(26,27)24-16-8-5-14(19(20,21)22)9-13(16)10-17(24)18(25)12(2)23/h3-10H,2,23H2,1H3. The maximum absolute atomic E-state index is 13.2. The van der Waals surface area contributed by atoms with Crippen molar-refractivity contribution < 1.29 is 26.4 Å². The molecule has 0 aliphatic carbocycles. The SMILES string of the molecule is C=C(N)C(=O)c1cc2cc(C(F)(F)F)ccc2n1S(=O)(=O)c1ccc(C)cc1. The molecule has 1 aromatic heterocycles. The van der Waals surface area contributed by atoms with Gasteiger partial charge in [-0.1, -0.05) is 24.3 Å². The van der Waals surface area contributed by atoms with E-state index in [0.717, 1.165) is 29.8 Å². The van der Waals surface area contributed by atoms with Gasteiger partial charge in [0, 0.05) is 5.39 Å². The second-order valence-corrected chi connectivity index (χ2v) is 8.02. The molecule has 0 fully saturated rings. The molecule has 3 aromatic rings. The summed E-state index contributed by atoms with van der Waals surface area (Å²) in [7, 11) is -4.28. The number of hydrogen-bond acceptors (Lipinski definition) is 4. The van der Waals surface area contributed by atoms with Crippen LogP contribution in [0.2, 0.25) is 0 Å². The van der Waals surface area contributed by atoms with Gasteiger partial charge in [0.2, 0.25) is 5.78 Å². The molecule has 2 N–H and O–H groups in total. The number of alkyl halides is 3. The first-order valence-electron chi connectivity index (χ1n) is 7.97. The highest BCUT2D eigenvalue weighted by Crippen LogP contribution is 2.34. The number of fused-ring (bicyclic) bond motifs is 1. The first-order valence-corrected chi connectivity index (χ1v) is 9.41. The lowest BCUT2D eigenvalue weighted by atomic mass is 10.1. The average molecular weight is 408 g/mol. The fourth-order valence-electron chi connectivity index (χ4n) is 2.76. The van der Waals surface area contributed by atoms with E-state index in [2.05, 4.69) is 6.58 Å². The maximum Gasteiger partial charge on any atom is 0.416 e. The summed E-state index contributed by atoms with van der Waals surface area (Å²) in [5, 5.41) is -0.0601. The Kier molecular flexibility index (Phi) is 4.58. The van der Waals surface area contributed by atoms with Crippen molar-refractivity contribution >= 4 is 26.7 Å². The number of aryl methyl sites for hydroxylation is 1. The van der Waals surface area contributed by atoms with Crippen LogP contribution in [0.4, 0.5) is 13.2 Å². The van der Waals surface area contributed by atoms with E-state index in [4.69, 9.17) is 5.73 Å². The Morgan fingerprint density at radius 2 is 1.68 bits per heavy atom. The van der Waals surface area contributed by atoms with Gasteiger partial charge in [-0.2, -0.15) is 13.2 Å². The van der Waals surface area contributed by atoms with Crippen molar-refractivity contribution in [2.45, 2.75) is 18.0 Å². The Bertz CT molecular complexity index is 1210. The Balaban J connectivity index is 2.36. The number of nitrogens with zero attached hydrogens (tertiary/aromatic N) is 1. The van der Waals surface area contributed by atoms with Crippen LogP contribution in [0, 0.1) is 6.92 Å². The molecule has 1 heterocycles. The van der Waals surface area contributed by atoms with Crippen molar-refractivity contribution in [2.24, 2.45) is 5.73 Å². The van der Waals surface area contributed by atoms with E-state index < -0.39 is 33.2 Å². The van der Waals surface area contributed by atoms with Gasteiger partial charge >= 0.3 is 6.18 Å². The zero-order valence-electron chi connectivity index (χ0n) is 14.6. The number of hydrogen-bond donors (Lipinski definition) is 1. The number of carbonyl (C=O) groups excluding carboxylic acids is 1. The fraction of sp³-hybridized carbons (Fsp3) is 0.105.